The Morgan fingerprint density at radius 1 is 0.885 bits per heavy atom. The molecule has 0 saturated carbocycles. The molecule has 0 fully saturated rings. The molecule has 1 heterocycles. The number of halogens is 2. The Labute approximate surface area is 150 Å². The molecule has 26 heavy (non-hydrogen) atoms. The van der Waals surface area contributed by atoms with Crippen LogP contribution in [0.5, 0.6) is 0 Å². The van der Waals surface area contributed by atoms with Gasteiger partial charge >= 0.3 is 0 Å². The molecule has 0 aliphatic carbocycles. The van der Waals surface area contributed by atoms with E-state index in [0.29, 0.717) is 12.1 Å². The lowest BCUT2D eigenvalue weighted by Crippen LogP contribution is -2.40. The van der Waals surface area contributed by atoms with Crippen LogP contribution in [0.15, 0.2) is 72.8 Å². The third-order valence-corrected chi connectivity index (χ3v) is 4.80. The van der Waals surface area contributed by atoms with Crippen molar-refractivity contribution in [2.75, 3.05) is 6.54 Å². The Bertz CT molecular complexity index is 952. The normalized spacial score (nSPS) is 16.2. The second-order valence-corrected chi connectivity index (χ2v) is 6.41. The minimum atomic E-state index is -0.438. The third kappa shape index (κ3) is 2.99. The molecule has 0 spiro atoms. The summed E-state index contributed by atoms with van der Waals surface area (Å²) in [5.74, 6) is -0.985. The van der Waals surface area contributed by atoms with E-state index in [9.17, 15) is 13.6 Å². The highest BCUT2D eigenvalue weighted by atomic mass is 19.1. The van der Waals surface area contributed by atoms with Crippen LogP contribution < -0.4 is 0 Å². The Kier molecular flexibility index (Phi) is 4.25. The minimum absolute atomic E-state index is 0.228. The van der Waals surface area contributed by atoms with Gasteiger partial charge in [0.1, 0.15) is 11.6 Å². The zero-order valence-corrected chi connectivity index (χ0v) is 14.0. The number of rotatable bonds is 2. The minimum Gasteiger partial charge on any atom is -0.327 e. The number of hydrogen-bond donors (Lipinski definition) is 0. The molecule has 1 atom stereocenters. The molecule has 3 aromatic carbocycles. The van der Waals surface area contributed by atoms with Gasteiger partial charge in [-0.1, -0.05) is 42.5 Å². The summed E-state index contributed by atoms with van der Waals surface area (Å²) in [6, 6.07) is 19.6. The largest absolute Gasteiger partial charge is 0.327 e. The highest BCUT2D eigenvalue weighted by molar-refractivity contribution is 5.95. The summed E-state index contributed by atoms with van der Waals surface area (Å²) in [6.45, 7) is 0.522. The number of nitrogens with zero attached hydrogens (tertiary/aromatic N) is 1. The zero-order valence-electron chi connectivity index (χ0n) is 14.0. The lowest BCUT2D eigenvalue weighted by Gasteiger charge is -2.38. The summed E-state index contributed by atoms with van der Waals surface area (Å²) in [5.41, 5.74) is 3.35. The van der Waals surface area contributed by atoms with Crippen LogP contribution in [-0.2, 0) is 6.42 Å². The van der Waals surface area contributed by atoms with Crippen molar-refractivity contribution >= 4 is 5.91 Å². The summed E-state index contributed by atoms with van der Waals surface area (Å²) in [4.78, 5) is 14.8. The molecule has 3 aromatic rings. The van der Waals surface area contributed by atoms with Crippen molar-refractivity contribution in [3.8, 4) is 0 Å². The molecule has 0 radical (unpaired) electrons. The molecule has 1 aliphatic rings. The van der Waals surface area contributed by atoms with Crippen LogP contribution >= 0.6 is 0 Å². The molecule has 0 aromatic heterocycles. The molecular formula is C22H17F2NO. The van der Waals surface area contributed by atoms with Crippen LogP contribution in [-0.4, -0.2) is 17.4 Å². The van der Waals surface area contributed by atoms with Gasteiger partial charge in [-0.15, -0.1) is 0 Å². The van der Waals surface area contributed by atoms with Crippen molar-refractivity contribution in [3.05, 3.63) is 107 Å². The first-order valence-corrected chi connectivity index (χ1v) is 8.53. The molecule has 4 heteroatoms. The predicted octanol–water partition coefficient (Wildman–Crippen LogP) is 4.75. The Balaban J connectivity index is 1.80. The third-order valence-electron chi connectivity index (χ3n) is 4.80. The fraction of sp³-hybridized carbons (Fsp3) is 0.136. The van der Waals surface area contributed by atoms with Crippen LogP contribution in [0.2, 0.25) is 0 Å². The molecule has 4 rings (SSSR count). The fourth-order valence-electron chi connectivity index (χ4n) is 3.58. The summed E-state index contributed by atoms with van der Waals surface area (Å²) < 4.78 is 27.0. The fourth-order valence-corrected chi connectivity index (χ4v) is 3.58. The van der Waals surface area contributed by atoms with Crippen molar-refractivity contribution in [2.45, 2.75) is 12.5 Å². The maximum atomic E-state index is 13.6. The van der Waals surface area contributed by atoms with Crippen molar-refractivity contribution in [1.82, 2.24) is 4.90 Å². The average molecular weight is 349 g/mol. The van der Waals surface area contributed by atoms with Gasteiger partial charge in [0.25, 0.3) is 5.91 Å². The number of carbonyl (C=O) groups excluding carboxylic acids is 1. The van der Waals surface area contributed by atoms with Gasteiger partial charge in [0.2, 0.25) is 0 Å². The first kappa shape index (κ1) is 16.5. The van der Waals surface area contributed by atoms with Crippen LogP contribution in [0, 0.1) is 11.6 Å². The van der Waals surface area contributed by atoms with Gasteiger partial charge in [-0.3, -0.25) is 4.79 Å². The van der Waals surface area contributed by atoms with E-state index in [0.717, 1.165) is 17.5 Å². The van der Waals surface area contributed by atoms with Crippen molar-refractivity contribution in [1.29, 1.82) is 0 Å². The van der Waals surface area contributed by atoms with E-state index in [2.05, 4.69) is 6.07 Å². The predicted molar refractivity (Wildman–Crippen MR) is 95.8 cm³/mol. The molecule has 0 saturated heterocycles. The van der Waals surface area contributed by atoms with Crippen LogP contribution in [0.3, 0.4) is 0 Å². The Morgan fingerprint density at radius 2 is 1.65 bits per heavy atom. The smallest absolute Gasteiger partial charge is 0.254 e. The highest BCUT2D eigenvalue weighted by Crippen LogP contribution is 2.36. The molecule has 0 N–H and O–H groups in total. The van der Waals surface area contributed by atoms with E-state index < -0.39 is 5.82 Å². The van der Waals surface area contributed by atoms with Gasteiger partial charge in [-0.25, -0.2) is 8.78 Å². The number of hydrogen-bond acceptors (Lipinski definition) is 1. The molecule has 1 amide bonds. The monoisotopic (exact) mass is 349 g/mol. The first-order chi connectivity index (χ1) is 12.6. The van der Waals surface area contributed by atoms with E-state index in [1.165, 1.54) is 35.9 Å². The molecule has 130 valence electrons. The zero-order chi connectivity index (χ0) is 18.1. The van der Waals surface area contributed by atoms with E-state index in [1.54, 1.807) is 23.1 Å². The summed E-state index contributed by atoms with van der Waals surface area (Å²) >= 11 is 0. The van der Waals surface area contributed by atoms with Crippen molar-refractivity contribution in [2.24, 2.45) is 0 Å². The Hall–Kier alpha value is -3.01. The summed E-state index contributed by atoms with van der Waals surface area (Å²) in [6.07, 6.45) is 0.731. The summed E-state index contributed by atoms with van der Waals surface area (Å²) in [7, 11) is 0. The number of amides is 1. The number of fused-ring (bicyclic) bond motifs is 1. The van der Waals surface area contributed by atoms with Crippen LogP contribution in [0.1, 0.15) is 33.1 Å². The van der Waals surface area contributed by atoms with Crippen molar-refractivity contribution < 1.29 is 13.6 Å². The van der Waals surface area contributed by atoms with E-state index >= 15 is 0 Å². The Morgan fingerprint density at radius 3 is 2.42 bits per heavy atom. The molecule has 1 unspecified atom stereocenters. The highest BCUT2D eigenvalue weighted by Gasteiger charge is 2.32. The van der Waals surface area contributed by atoms with Gasteiger partial charge in [0.05, 0.1) is 6.04 Å². The number of carbonyl (C=O) groups is 1. The number of benzene rings is 3. The van der Waals surface area contributed by atoms with Gasteiger partial charge in [0.15, 0.2) is 0 Å². The molecular weight excluding hydrogens is 332 g/mol. The quantitative estimate of drug-likeness (QED) is 0.654. The van der Waals surface area contributed by atoms with Crippen molar-refractivity contribution in [3.63, 3.8) is 0 Å². The lowest BCUT2D eigenvalue weighted by molar-refractivity contribution is 0.0694. The molecule has 1 aliphatic heterocycles. The second-order valence-electron chi connectivity index (χ2n) is 6.41. The molecule has 0 bridgehead atoms. The van der Waals surface area contributed by atoms with Crippen LogP contribution in [0.25, 0.3) is 0 Å². The van der Waals surface area contributed by atoms with Gasteiger partial charge in [-0.05, 0) is 53.4 Å². The maximum absolute atomic E-state index is 13.6. The lowest BCUT2D eigenvalue weighted by atomic mass is 9.87. The first-order valence-electron chi connectivity index (χ1n) is 8.53. The SMILES string of the molecule is O=C(c1cccc(F)c1)N1CCc2ccccc2C1c1ccc(F)cc1. The second kappa shape index (κ2) is 6.71. The van der Waals surface area contributed by atoms with E-state index in [-0.39, 0.29) is 17.8 Å². The maximum Gasteiger partial charge on any atom is 0.254 e. The topological polar surface area (TPSA) is 20.3 Å². The standard InChI is InChI=1S/C22H17F2NO/c23-18-10-8-16(9-11-18)21-20-7-2-1-4-15(20)12-13-25(21)22(26)17-5-3-6-19(24)14-17/h1-11,14,21H,12-13H2. The van der Waals surface area contributed by atoms with Gasteiger partial charge < -0.3 is 4.90 Å². The summed E-state index contributed by atoms with van der Waals surface area (Å²) in [5, 5.41) is 0. The van der Waals surface area contributed by atoms with Gasteiger partial charge in [-0.2, -0.15) is 0 Å². The molecule has 2 nitrogen and oxygen atoms in total. The van der Waals surface area contributed by atoms with E-state index in [4.69, 9.17) is 0 Å². The van der Waals surface area contributed by atoms with E-state index in [1.807, 2.05) is 18.2 Å². The average Bonchev–Trinajstić information content (AvgIpc) is 2.67. The van der Waals surface area contributed by atoms with Gasteiger partial charge in [0, 0.05) is 12.1 Å². The van der Waals surface area contributed by atoms with Crippen LogP contribution in [0.4, 0.5) is 8.78 Å².